The van der Waals surface area contributed by atoms with Crippen LogP contribution in [0.2, 0.25) is 5.15 Å². The molecule has 0 unspecified atom stereocenters. The van der Waals surface area contributed by atoms with Crippen LogP contribution in [0.3, 0.4) is 0 Å². The van der Waals surface area contributed by atoms with Crippen molar-refractivity contribution in [3.63, 3.8) is 0 Å². The highest BCUT2D eigenvalue weighted by Gasteiger charge is 2.30. The summed E-state index contributed by atoms with van der Waals surface area (Å²) in [6, 6.07) is 8.09. The van der Waals surface area contributed by atoms with Crippen molar-refractivity contribution in [2.24, 2.45) is 0 Å². The number of hydrogen-bond donors (Lipinski definition) is 1. The summed E-state index contributed by atoms with van der Waals surface area (Å²) in [5.74, 6) is 1.34. The highest BCUT2D eigenvalue weighted by atomic mass is 35.5. The van der Waals surface area contributed by atoms with Crippen molar-refractivity contribution < 1.29 is 0 Å². The zero-order valence-corrected chi connectivity index (χ0v) is 13.0. The Morgan fingerprint density at radius 2 is 2.05 bits per heavy atom. The van der Waals surface area contributed by atoms with Crippen LogP contribution in [0.15, 0.2) is 24.3 Å². The van der Waals surface area contributed by atoms with E-state index < -0.39 is 0 Å². The maximum atomic E-state index is 6.11. The molecule has 3 aromatic rings. The van der Waals surface area contributed by atoms with Gasteiger partial charge in [-0.15, -0.1) is 10.2 Å². The van der Waals surface area contributed by atoms with Crippen LogP contribution < -0.4 is 5.32 Å². The van der Waals surface area contributed by atoms with Gasteiger partial charge in [0.1, 0.15) is 0 Å². The molecule has 21 heavy (non-hydrogen) atoms. The van der Waals surface area contributed by atoms with E-state index in [2.05, 4.69) is 26.6 Å². The largest absolute Gasteiger partial charge is 0.314 e. The Bertz CT molecular complexity index is 793. The Morgan fingerprint density at radius 3 is 2.81 bits per heavy atom. The molecule has 2 heterocycles. The molecule has 4 rings (SSSR count). The fourth-order valence-corrected chi connectivity index (χ4v) is 3.51. The molecular weight excluding hydrogens is 304 g/mol. The number of nitrogens with zero attached hydrogens (tertiary/aromatic N) is 3. The van der Waals surface area contributed by atoms with Crippen LogP contribution in [-0.2, 0) is 0 Å². The summed E-state index contributed by atoms with van der Waals surface area (Å²) in [7, 11) is 0. The highest BCUT2D eigenvalue weighted by molar-refractivity contribution is 7.22. The minimum Gasteiger partial charge on any atom is -0.314 e. The summed E-state index contributed by atoms with van der Waals surface area (Å²) in [6.07, 6.45) is 2.38. The number of nitrogens with one attached hydrogen (secondary N) is 1. The highest BCUT2D eigenvalue weighted by Crippen LogP contribution is 2.46. The topological polar surface area (TPSA) is 50.7 Å². The summed E-state index contributed by atoms with van der Waals surface area (Å²) in [5, 5.41) is 12.9. The molecule has 0 saturated heterocycles. The molecule has 0 radical (unpaired) electrons. The van der Waals surface area contributed by atoms with E-state index in [1.807, 2.05) is 25.1 Å². The van der Waals surface area contributed by atoms with E-state index in [1.54, 1.807) is 11.3 Å². The second kappa shape index (κ2) is 4.93. The molecule has 0 atom stereocenters. The summed E-state index contributed by atoms with van der Waals surface area (Å²) in [4.78, 5) is 4.59. The van der Waals surface area contributed by atoms with Crippen molar-refractivity contribution in [1.29, 1.82) is 0 Å². The lowest BCUT2D eigenvalue weighted by molar-refractivity contribution is 0.963. The number of halogens is 1. The lowest BCUT2D eigenvalue weighted by atomic mass is 10.1. The first-order valence-corrected chi connectivity index (χ1v) is 8.07. The second-order valence-electron chi connectivity index (χ2n) is 5.26. The van der Waals surface area contributed by atoms with Gasteiger partial charge in [-0.05, 0) is 43.4 Å². The Kier molecular flexibility index (Phi) is 3.05. The molecule has 1 aliphatic carbocycles. The van der Waals surface area contributed by atoms with E-state index in [-0.39, 0.29) is 0 Å². The monoisotopic (exact) mass is 316 g/mol. The number of anilines is 2. The molecule has 0 aliphatic heterocycles. The first-order valence-electron chi connectivity index (χ1n) is 6.87. The maximum absolute atomic E-state index is 6.11. The van der Waals surface area contributed by atoms with Crippen molar-refractivity contribution >= 4 is 44.1 Å². The van der Waals surface area contributed by atoms with Gasteiger partial charge in [0.2, 0.25) is 0 Å². The van der Waals surface area contributed by atoms with Crippen molar-refractivity contribution in [2.75, 3.05) is 5.32 Å². The minimum absolute atomic E-state index is 0.492. The summed E-state index contributed by atoms with van der Waals surface area (Å²) in [5.41, 5.74) is 3.21. The quantitative estimate of drug-likeness (QED) is 0.763. The maximum Gasteiger partial charge on any atom is 0.189 e. The number of thiazole rings is 1. The van der Waals surface area contributed by atoms with Gasteiger partial charge in [-0.1, -0.05) is 35.1 Å². The molecule has 1 aromatic carbocycles. The minimum atomic E-state index is 0.492. The van der Waals surface area contributed by atoms with E-state index in [9.17, 15) is 0 Å². The van der Waals surface area contributed by atoms with Gasteiger partial charge in [0, 0.05) is 5.56 Å². The molecule has 1 aliphatic rings. The van der Waals surface area contributed by atoms with Gasteiger partial charge in [0.15, 0.2) is 16.1 Å². The smallest absolute Gasteiger partial charge is 0.189 e. The van der Waals surface area contributed by atoms with Gasteiger partial charge in [0.05, 0.1) is 10.2 Å². The van der Waals surface area contributed by atoms with Crippen LogP contribution in [0.4, 0.5) is 10.9 Å². The normalized spacial score (nSPS) is 14.6. The summed E-state index contributed by atoms with van der Waals surface area (Å²) >= 11 is 7.73. The third-order valence-corrected chi connectivity index (χ3v) is 5.02. The SMILES string of the molecule is Cc1c(Cl)nnc(Nc2nc3ccccc3s2)c1C1CC1. The molecule has 6 heteroatoms. The van der Waals surface area contributed by atoms with Gasteiger partial charge in [-0.25, -0.2) is 4.98 Å². The van der Waals surface area contributed by atoms with Crippen molar-refractivity contribution in [1.82, 2.24) is 15.2 Å². The van der Waals surface area contributed by atoms with Crippen LogP contribution in [0.1, 0.15) is 29.9 Å². The molecule has 1 N–H and O–H groups in total. The van der Waals surface area contributed by atoms with E-state index in [4.69, 9.17) is 11.6 Å². The standard InChI is InChI=1S/C15H13ClN4S/c1-8-12(9-6-7-9)14(20-19-13(8)16)18-15-17-10-4-2-3-5-11(10)21-15/h2-5,9H,6-7H2,1H3,(H,17,18,20). The zero-order chi connectivity index (χ0) is 14.4. The first kappa shape index (κ1) is 13.0. The predicted molar refractivity (Wildman–Crippen MR) is 86.7 cm³/mol. The average Bonchev–Trinajstić information content (AvgIpc) is 3.22. The van der Waals surface area contributed by atoms with Crippen LogP contribution in [0.5, 0.6) is 0 Å². The van der Waals surface area contributed by atoms with Crippen molar-refractivity contribution in [3.8, 4) is 0 Å². The first-order chi connectivity index (χ1) is 10.2. The number of fused-ring (bicyclic) bond motifs is 1. The van der Waals surface area contributed by atoms with E-state index in [1.165, 1.54) is 18.4 Å². The van der Waals surface area contributed by atoms with Gasteiger partial charge < -0.3 is 5.32 Å². The van der Waals surface area contributed by atoms with Crippen molar-refractivity contribution in [2.45, 2.75) is 25.7 Å². The summed E-state index contributed by atoms with van der Waals surface area (Å²) in [6.45, 7) is 2.01. The molecule has 1 saturated carbocycles. The van der Waals surface area contributed by atoms with Crippen LogP contribution in [0, 0.1) is 6.92 Å². The third-order valence-electron chi connectivity index (χ3n) is 3.71. The zero-order valence-electron chi connectivity index (χ0n) is 11.4. The number of rotatable bonds is 3. The van der Waals surface area contributed by atoms with Gasteiger partial charge in [0.25, 0.3) is 0 Å². The molecule has 4 nitrogen and oxygen atoms in total. The summed E-state index contributed by atoms with van der Waals surface area (Å²) < 4.78 is 1.16. The lowest BCUT2D eigenvalue weighted by Gasteiger charge is -2.11. The fourth-order valence-electron chi connectivity index (χ4n) is 2.50. The number of para-hydroxylation sites is 1. The average molecular weight is 317 g/mol. The van der Waals surface area contributed by atoms with E-state index in [0.29, 0.717) is 11.1 Å². The Balaban J connectivity index is 1.75. The molecule has 0 bridgehead atoms. The number of hydrogen-bond acceptors (Lipinski definition) is 5. The van der Waals surface area contributed by atoms with Crippen LogP contribution in [-0.4, -0.2) is 15.2 Å². The Hall–Kier alpha value is -1.72. The van der Waals surface area contributed by atoms with Crippen LogP contribution in [0.25, 0.3) is 10.2 Å². The molecule has 1 fully saturated rings. The molecular formula is C15H13ClN4S. The fraction of sp³-hybridized carbons (Fsp3) is 0.267. The lowest BCUT2D eigenvalue weighted by Crippen LogP contribution is -2.03. The molecule has 0 amide bonds. The Labute approximate surface area is 131 Å². The number of aromatic nitrogens is 3. The molecule has 2 aromatic heterocycles. The van der Waals surface area contributed by atoms with Crippen LogP contribution >= 0.6 is 22.9 Å². The number of benzene rings is 1. The van der Waals surface area contributed by atoms with Gasteiger partial charge in [-0.3, -0.25) is 0 Å². The van der Waals surface area contributed by atoms with Crippen molar-refractivity contribution in [3.05, 3.63) is 40.5 Å². The third kappa shape index (κ3) is 2.36. The van der Waals surface area contributed by atoms with E-state index in [0.717, 1.165) is 26.7 Å². The molecule has 106 valence electrons. The molecule has 0 spiro atoms. The van der Waals surface area contributed by atoms with E-state index >= 15 is 0 Å². The Morgan fingerprint density at radius 1 is 1.24 bits per heavy atom. The predicted octanol–water partition coefficient (Wildman–Crippen LogP) is 4.67. The van der Waals surface area contributed by atoms with Gasteiger partial charge >= 0.3 is 0 Å². The second-order valence-corrected chi connectivity index (χ2v) is 6.65. The van der Waals surface area contributed by atoms with Gasteiger partial charge in [-0.2, -0.15) is 0 Å².